The van der Waals surface area contributed by atoms with Crippen molar-refractivity contribution in [2.75, 3.05) is 19.7 Å². The van der Waals surface area contributed by atoms with Crippen molar-refractivity contribution in [1.82, 2.24) is 10.6 Å². The number of carboxylic acids is 1. The number of carbonyl (C=O) groups is 3. The van der Waals surface area contributed by atoms with Gasteiger partial charge in [-0.15, -0.1) is 0 Å². The van der Waals surface area contributed by atoms with Gasteiger partial charge in [0.15, 0.2) is 0 Å². The van der Waals surface area contributed by atoms with Gasteiger partial charge < -0.3 is 20.5 Å². The van der Waals surface area contributed by atoms with Gasteiger partial charge in [0, 0.05) is 24.4 Å². The van der Waals surface area contributed by atoms with Crippen molar-refractivity contribution in [2.45, 2.75) is 39.0 Å². The minimum absolute atomic E-state index is 0.00523. The SMILES string of the molecule is CC(C)(CCNC(=O)OCC1c2ccccc2-c2ccccc21)C(=O)NCC1(C(=O)O)CC1. The van der Waals surface area contributed by atoms with Gasteiger partial charge in [0.25, 0.3) is 0 Å². The number of amides is 2. The van der Waals surface area contributed by atoms with Crippen molar-refractivity contribution >= 4 is 18.0 Å². The number of benzene rings is 2. The highest BCUT2D eigenvalue weighted by atomic mass is 16.5. The Bertz CT molecular complexity index is 1030. The van der Waals surface area contributed by atoms with Gasteiger partial charge in [-0.25, -0.2) is 4.79 Å². The molecule has 7 heteroatoms. The fourth-order valence-corrected chi connectivity index (χ4v) is 4.35. The lowest BCUT2D eigenvalue weighted by Crippen LogP contribution is -2.43. The Kier molecular flexibility index (Phi) is 6.15. The third-order valence-corrected chi connectivity index (χ3v) is 6.87. The number of hydrogen-bond acceptors (Lipinski definition) is 4. The Morgan fingerprint density at radius 1 is 1.00 bits per heavy atom. The van der Waals surface area contributed by atoms with Crippen LogP contribution in [0.4, 0.5) is 4.79 Å². The van der Waals surface area contributed by atoms with Crippen LogP contribution in [0.3, 0.4) is 0 Å². The van der Waals surface area contributed by atoms with Gasteiger partial charge in [0.1, 0.15) is 6.61 Å². The van der Waals surface area contributed by atoms with E-state index in [9.17, 15) is 19.5 Å². The van der Waals surface area contributed by atoms with Gasteiger partial charge >= 0.3 is 12.1 Å². The van der Waals surface area contributed by atoms with Crippen molar-refractivity contribution in [3.8, 4) is 11.1 Å². The number of hydrogen-bond donors (Lipinski definition) is 3. The number of carboxylic acid groups (broad SMARTS) is 1. The predicted octanol–water partition coefficient (Wildman–Crippen LogP) is 3.92. The van der Waals surface area contributed by atoms with E-state index in [1.54, 1.807) is 13.8 Å². The van der Waals surface area contributed by atoms with Crippen LogP contribution in [-0.2, 0) is 14.3 Å². The molecule has 2 aliphatic carbocycles. The molecule has 2 aromatic carbocycles. The molecule has 2 amide bonds. The first-order chi connectivity index (χ1) is 15.7. The Balaban J connectivity index is 1.25. The molecule has 2 aliphatic rings. The van der Waals surface area contributed by atoms with Gasteiger partial charge in [-0.05, 0) is 41.5 Å². The molecule has 7 nitrogen and oxygen atoms in total. The fourth-order valence-electron chi connectivity index (χ4n) is 4.35. The molecule has 1 saturated carbocycles. The van der Waals surface area contributed by atoms with Crippen LogP contribution in [0.15, 0.2) is 48.5 Å². The monoisotopic (exact) mass is 450 g/mol. The molecule has 0 radical (unpaired) electrons. The lowest BCUT2D eigenvalue weighted by Gasteiger charge is -2.24. The zero-order chi connectivity index (χ0) is 23.6. The quantitative estimate of drug-likeness (QED) is 0.537. The summed E-state index contributed by atoms with van der Waals surface area (Å²) in [5, 5.41) is 14.7. The third-order valence-electron chi connectivity index (χ3n) is 6.87. The number of ether oxygens (including phenoxy) is 1. The van der Waals surface area contributed by atoms with Crippen LogP contribution in [0.1, 0.15) is 50.2 Å². The number of carbonyl (C=O) groups excluding carboxylic acids is 2. The molecule has 4 rings (SSSR count). The summed E-state index contributed by atoms with van der Waals surface area (Å²) in [6.45, 7) is 4.22. The van der Waals surface area contributed by atoms with Crippen LogP contribution in [-0.4, -0.2) is 42.8 Å². The average Bonchev–Trinajstić information content (AvgIpc) is 3.53. The van der Waals surface area contributed by atoms with Crippen LogP contribution in [0.2, 0.25) is 0 Å². The third kappa shape index (κ3) is 4.72. The van der Waals surface area contributed by atoms with E-state index >= 15 is 0 Å². The summed E-state index contributed by atoms with van der Waals surface area (Å²) in [6.07, 6.45) is 1.07. The average molecular weight is 451 g/mol. The zero-order valence-electron chi connectivity index (χ0n) is 19.0. The van der Waals surface area contributed by atoms with E-state index in [1.807, 2.05) is 24.3 Å². The second-order valence-corrected chi connectivity index (χ2v) is 9.65. The normalized spacial score (nSPS) is 15.8. The lowest BCUT2D eigenvalue weighted by molar-refractivity contribution is -0.143. The number of rotatable bonds is 9. The second kappa shape index (κ2) is 8.89. The largest absolute Gasteiger partial charge is 0.481 e. The molecule has 33 heavy (non-hydrogen) atoms. The maximum absolute atomic E-state index is 12.5. The second-order valence-electron chi connectivity index (χ2n) is 9.65. The minimum atomic E-state index is -0.863. The van der Waals surface area contributed by atoms with Crippen LogP contribution in [0.25, 0.3) is 11.1 Å². The minimum Gasteiger partial charge on any atom is -0.481 e. The molecule has 0 unspecified atom stereocenters. The van der Waals surface area contributed by atoms with Gasteiger partial charge in [-0.3, -0.25) is 9.59 Å². The molecule has 2 aromatic rings. The highest BCUT2D eigenvalue weighted by Gasteiger charge is 2.50. The summed E-state index contributed by atoms with van der Waals surface area (Å²) in [5.41, 5.74) is 3.10. The Labute approximate surface area is 193 Å². The fraction of sp³-hybridized carbons (Fsp3) is 0.423. The highest BCUT2D eigenvalue weighted by molar-refractivity contribution is 5.84. The molecule has 0 heterocycles. The van der Waals surface area contributed by atoms with Crippen LogP contribution >= 0.6 is 0 Å². The molecule has 0 spiro atoms. The number of alkyl carbamates (subject to hydrolysis) is 1. The molecule has 0 bridgehead atoms. The van der Waals surface area contributed by atoms with E-state index in [2.05, 4.69) is 34.9 Å². The van der Waals surface area contributed by atoms with Crippen molar-refractivity contribution < 1.29 is 24.2 Å². The summed E-state index contributed by atoms with van der Waals surface area (Å²) in [7, 11) is 0. The van der Waals surface area contributed by atoms with Gasteiger partial charge in [-0.2, -0.15) is 0 Å². The lowest BCUT2D eigenvalue weighted by atomic mass is 9.88. The zero-order valence-corrected chi connectivity index (χ0v) is 19.0. The van der Waals surface area contributed by atoms with Crippen LogP contribution < -0.4 is 10.6 Å². The molecular weight excluding hydrogens is 420 g/mol. The van der Waals surface area contributed by atoms with E-state index in [1.165, 1.54) is 11.1 Å². The van der Waals surface area contributed by atoms with Gasteiger partial charge in [0.2, 0.25) is 5.91 Å². The maximum atomic E-state index is 12.5. The molecular formula is C26H30N2O5. The summed E-state index contributed by atoms with van der Waals surface area (Å²) in [6, 6.07) is 16.3. The topological polar surface area (TPSA) is 105 Å². The molecule has 1 fully saturated rings. The Hall–Kier alpha value is -3.35. The van der Waals surface area contributed by atoms with Crippen molar-refractivity contribution in [3.05, 3.63) is 59.7 Å². The molecule has 174 valence electrons. The summed E-state index contributed by atoms with van der Waals surface area (Å²) >= 11 is 0. The first kappa shape index (κ1) is 22.8. The molecule has 3 N–H and O–H groups in total. The van der Waals surface area contributed by atoms with Crippen LogP contribution in [0.5, 0.6) is 0 Å². The van der Waals surface area contributed by atoms with Crippen LogP contribution in [0, 0.1) is 10.8 Å². The van der Waals surface area contributed by atoms with Crippen molar-refractivity contribution in [3.63, 3.8) is 0 Å². The summed E-state index contributed by atoms with van der Waals surface area (Å²) < 4.78 is 5.53. The Morgan fingerprint density at radius 3 is 2.12 bits per heavy atom. The predicted molar refractivity (Wildman–Crippen MR) is 124 cm³/mol. The van der Waals surface area contributed by atoms with Crippen molar-refractivity contribution in [1.29, 1.82) is 0 Å². The Morgan fingerprint density at radius 2 is 1.58 bits per heavy atom. The molecule has 0 aromatic heterocycles. The summed E-state index contributed by atoms with van der Waals surface area (Å²) in [5.74, 6) is -1.09. The number of aliphatic carboxylic acids is 1. The standard InChI is InChI=1S/C26H30N2O5/c1-25(2,22(29)28-16-26(11-12-26)23(30)31)13-14-27-24(32)33-15-21-19-9-5-3-7-17(19)18-8-4-6-10-20(18)21/h3-10,21H,11-16H2,1-2H3,(H,27,32)(H,28,29)(H,30,31). The summed E-state index contributed by atoms with van der Waals surface area (Å²) in [4.78, 5) is 36.1. The van der Waals surface area contributed by atoms with Gasteiger partial charge in [0.05, 0.1) is 5.41 Å². The molecule has 0 saturated heterocycles. The van der Waals surface area contributed by atoms with E-state index in [-0.39, 0.29) is 31.5 Å². The van der Waals surface area contributed by atoms with E-state index < -0.39 is 22.9 Å². The molecule has 0 aliphatic heterocycles. The number of fused-ring (bicyclic) bond motifs is 3. The van der Waals surface area contributed by atoms with Crippen molar-refractivity contribution in [2.24, 2.45) is 10.8 Å². The van der Waals surface area contributed by atoms with Gasteiger partial charge in [-0.1, -0.05) is 62.4 Å². The number of nitrogens with one attached hydrogen (secondary N) is 2. The van der Waals surface area contributed by atoms with E-state index in [4.69, 9.17) is 4.74 Å². The highest BCUT2D eigenvalue weighted by Crippen LogP contribution is 2.45. The molecule has 0 atom stereocenters. The first-order valence-electron chi connectivity index (χ1n) is 11.3. The van der Waals surface area contributed by atoms with E-state index in [0.29, 0.717) is 19.3 Å². The first-order valence-corrected chi connectivity index (χ1v) is 11.3. The van der Waals surface area contributed by atoms with E-state index in [0.717, 1.165) is 11.1 Å². The smallest absolute Gasteiger partial charge is 0.407 e. The maximum Gasteiger partial charge on any atom is 0.407 e.